The van der Waals surface area contributed by atoms with Crippen molar-refractivity contribution in [1.29, 1.82) is 0 Å². The van der Waals surface area contributed by atoms with Gasteiger partial charge in [-0.2, -0.15) is 11.3 Å². The molecule has 0 radical (unpaired) electrons. The van der Waals surface area contributed by atoms with Crippen LogP contribution in [-0.4, -0.2) is 7.05 Å². The number of hydrogen-bond donors (Lipinski definition) is 1. The van der Waals surface area contributed by atoms with Crippen molar-refractivity contribution in [3.05, 3.63) is 43.4 Å². The zero-order chi connectivity index (χ0) is 10.8. The fraction of sp³-hybridized carbons (Fsp3) is 0.200. The Morgan fingerprint density at radius 3 is 2.60 bits per heavy atom. The van der Waals surface area contributed by atoms with Crippen LogP contribution in [0.15, 0.2) is 36.5 Å². The molecule has 1 unspecified atom stereocenters. The van der Waals surface area contributed by atoms with E-state index in [4.69, 9.17) is 4.42 Å². The van der Waals surface area contributed by atoms with Gasteiger partial charge >= 0.3 is 0 Å². The zero-order valence-corrected chi connectivity index (χ0v) is 11.9. The van der Waals surface area contributed by atoms with Crippen molar-refractivity contribution in [3.63, 3.8) is 0 Å². The van der Waals surface area contributed by atoms with E-state index in [2.05, 4.69) is 47.9 Å². The smallest absolute Gasteiger partial charge is 0.169 e. The van der Waals surface area contributed by atoms with E-state index in [9.17, 15) is 0 Å². The first-order valence-electron chi connectivity index (χ1n) is 4.36. The molecule has 0 amide bonds. The fourth-order valence-electron chi connectivity index (χ4n) is 1.43. The summed E-state index contributed by atoms with van der Waals surface area (Å²) in [6.07, 6.45) is 0. The van der Waals surface area contributed by atoms with Crippen LogP contribution in [0.3, 0.4) is 0 Å². The van der Waals surface area contributed by atoms with Gasteiger partial charge in [-0.3, -0.25) is 0 Å². The highest BCUT2D eigenvalue weighted by Gasteiger charge is 2.18. The van der Waals surface area contributed by atoms with Crippen molar-refractivity contribution < 1.29 is 4.42 Å². The van der Waals surface area contributed by atoms with E-state index < -0.39 is 0 Å². The van der Waals surface area contributed by atoms with Crippen molar-refractivity contribution in [2.24, 2.45) is 0 Å². The summed E-state index contributed by atoms with van der Waals surface area (Å²) in [5.41, 5.74) is 1.20. The summed E-state index contributed by atoms with van der Waals surface area (Å²) >= 11 is 8.51. The fourth-order valence-corrected chi connectivity index (χ4v) is 3.30. The first kappa shape index (κ1) is 11.4. The second kappa shape index (κ2) is 4.82. The molecule has 2 aromatic heterocycles. The molecule has 0 spiro atoms. The summed E-state index contributed by atoms with van der Waals surface area (Å²) in [5, 5.41) is 7.42. The number of halogens is 2. The summed E-state index contributed by atoms with van der Waals surface area (Å²) in [7, 11) is 1.92. The van der Waals surface area contributed by atoms with E-state index in [1.54, 1.807) is 11.3 Å². The summed E-state index contributed by atoms with van der Waals surface area (Å²) in [5.74, 6) is 0.906. The highest BCUT2D eigenvalue weighted by atomic mass is 79.9. The van der Waals surface area contributed by atoms with Gasteiger partial charge < -0.3 is 9.73 Å². The lowest BCUT2D eigenvalue weighted by atomic mass is 10.1. The molecule has 2 heterocycles. The largest absolute Gasteiger partial charge is 0.452 e. The maximum Gasteiger partial charge on any atom is 0.169 e. The van der Waals surface area contributed by atoms with Crippen molar-refractivity contribution in [2.45, 2.75) is 6.04 Å². The minimum atomic E-state index is 0.0944. The first-order chi connectivity index (χ1) is 7.22. The number of thiophene rings is 1. The Labute approximate surface area is 109 Å². The molecule has 2 nitrogen and oxygen atoms in total. The van der Waals surface area contributed by atoms with Crippen LogP contribution in [0.4, 0.5) is 0 Å². The molecule has 1 atom stereocenters. The van der Waals surface area contributed by atoms with Gasteiger partial charge in [0, 0.05) is 15.4 Å². The quantitative estimate of drug-likeness (QED) is 0.898. The Morgan fingerprint density at radius 2 is 2.13 bits per heavy atom. The molecule has 2 rings (SSSR count). The lowest BCUT2D eigenvalue weighted by molar-refractivity contribution is 0.447. The van der Waals surface area contributed by atoms with Gasteiger partial charge in [-0.05, 0) is 56.4 Å². The Balaban J connectivity index is 2.36. The number of nitrogens with one attached hydrogen (secondary N) is 1. The molecular weight excluding hydrogens is 342 g/mol. The minimum Gasteiger partial charge on any atom is -0.452 e. The molecule has 0 aliphatic carbocycles. The molecule has 0 aromatic carbocycles. The van der Waals surface area contributed by atoms with Crippen LogP contribution < -0.4 is 5.32 Å². The highest BCUT2D eigenvalue weighted by molar-refractivity contribution is 9.10. The highest BCUT2D eigenvalue weighted by Crippen LogP contribution is 2.32. The Hall–Kier alpha value is -0.100. The topological polar surface area (TPSA) is 25.2 Å². The summed E-state index contributed by atoms with van der Waals surface area (Å²) in [6.45, 7) is 0. The molecule has 0 saturated heterocycles. The van der Waals surface area contributed by atoms with Crippen LogP contribution in [-0.2, 0) is 0 Å². The lowest BCUT2D eigenvalue weighted by Gasteiger charge is -2.12. The third-order valence-corrected chi connectivity index (χ3v) is 4.30. The summed E-state index contributed by atoms with van der Waals surface area (Å²) in [6, 6.07) is 3.96. The first-order valence-corrected chi connectivity index (χ1v) is 6.89. The molecule has 2 aromatic rings. The molecule has 0 aliphatic heterocycles. The van der Waals surface area contributed by atoms with Crippen LogP contribution >= 0.6 is 43.2 Å². The van der Waals surface area contributed by atoms with Crippen LogP contribution in [0.2, 0.25) is 0 Å². The summed E-state index contributed by atoms with van der Waals surface area (Å²) < 4.78 is 7.42. The Morgan fingerprint density at radius 1 is 1.33 bits per heavy atom. The van der Waals surface area contributed by atoms with Crippen LogP contribution in [0.25, 0.3) is 0 Å². The average molecular weight is 351 g/mol. The SMILES string of the molecule is CNC(c1ccc(Br)o1)c1cscc1Br. The van der Waals surface area contributed by atoms with E-state index in [1.807, 2.05) is 19.2 Å². The van der Waals surface area contributed by atoms with Crippen LogP contribution in [0.5, 0.6) is 0 Å². The van der Waals surface area contributed by atoms with Gasteiger partial charge in [0.05, 0.1) is 6.04 Å². The minimum absolute atomic E-state index is 0.0944. The van der Waals surface area contributed by atoms with Crippen LogP contribution in [0, 0.1) is 0 Å². The standard InChI is InChI=1S/C10H9Br2NOS/c1-13-10(6-4-15-5-7(6)11)8-2-3-9(12)14-8/h2-5,10,13H,1H3. The molecule has 0 aliphatic rings. The Bertz CT molecular complexity index is 452. The molecule has 15 heavy (non-hydrogen) atoms. The predicted octanol–water partition coefficient (Wildman–Crippen LogP) is 4.17. The molecule has 0 fully saturated rings. The van der Waals surface area contributed by atoms with Crippen molar-refractivity contribution >= 4 is 43.2 Å². The maximum absolute atomic E-state index is 5.55. The third-order valence-electron chi connectivity index (χ3n) is 2.12. The van der Waals surface area contributed by atoms with E-state index >= 15 is 0 Å². The van der Waals surface area contributed by atoms with Gasteiger partial charge in [-0.1, -0.05) is 0 Å². The molecule has 80 valence electrons. The predicted molar refractivity (Wildman–Crippen MR) is 69.3 cm³/mol. The van der Waals surface area contributed by atoms with Gasteiger partial charge in [-0.15, -0.1) is 0 Å². The Kier molecular flexibility index (Phi) is 3.66. The molecule has 1 N–H and O–H groups in total. The zero-order valence-electron chi connectivity index (χ0n) is 7.96. The molecular formula is C10H9Br2NOS. The van der Waals surface area contributed by atoms with Gasteiger partial charge in [0.1, 0.15) is 5.76 Å². The average Bonchev–Trinajstić information content (AvgIpc) is 2.79. The van der Waals surface area contributed by atoms with Gasteiger partial charge in [0.25, 0.3) is 0 Å². The van der Waals surface area contributed by atoms with E-state index in [-0.39, 0.29) is 6.04 Å². The molecule has 5 heteroatoms. The van der Waals surface area contributed by atoms with Crippen LogP contribution in [0.1, 0.15) is 17.4 Å². The van der Waals surface area contributed by atoms with Crippen molar-refractivity contribution in [3.8, 4) is 0 Å². The van der Waals surface area contributed by atoms with Gasteiger partial charge in [0.2, 0.25) is 0 Å². The summed E-state index contributed by atoms with van der Waals surface area (Å²) in [4.78, 5) is 0. The van der Waals surface area contributed by atoms with E-state index in [1.165, 1.54) is 5.56 Å². The molecule has 0 saturated carbocycles. The number of furan rings is 1. The van der Waals surface area contributed by atoms with Crippen molar-refractivity contribution in [2.75, 3.05) is 7.05 Å². The maximum atomic E-state index is 5.55. The van der Waals surface area contributed by atoms with E-state index in [0.717, 1.165) is 14.9 Å². The van der Waals surface area contributed by atoms with Gasteiger partial charge in [-0.25, -0.2) is 0 Å². The third kappa shape index (κ3) is 2.36. The van der Waals surface area contributed by atoms with Crippen molar-refractivity contribution in [1.82, 2.24) is 5.32 Å². The number of rotatable bonds is 3. The normalized spacial score (nSPS) is 13.0. The van der Waals surface area contributed by atoms with E-state index in [0.29, 0.717) is 0 Å². The second-order valence-corrected chi connectivity index (χ2v) is 5.42. The second-order valence-electron chi connectivity index (χ2n) is 3.04. The number of hydrogen-bond acceptors (Lipinski definition) is 3. The monoisotopic (exact) mass is 349 g/mol. The van der Waals surface area contributed by atoms with Gasteiger partial charge in [0.15, 0.2) is 4.67 Å². The molecule has 0 bridgehead atoms. The lowest BCUT2D eigenvalue weighted by Crippen LogP contribution is -2.16.